The number of aromatic amines is 1. The van der Waals surface area contributed by atoms with Crippen molar-refractivity contribution < 1.29 is 38.9 Å². The van der Waals surface area contributed by atoms with Gasteiger partial charge >= 0.3 is 0 Å². The molecule has 0 radical (unpaired) electrons. The Morgan fingerprint density at radius 2 is 1.29 bits per heavy atom. The van der Waals surface area contributed by atoms with Gasteiger partial charge in [-0.3, -0.25) is 13.7 Å². The molecule has 212 valence electrons. The maximum absolute atomic E-state index is 11.5. The molecule has 11 nitrogen and oxygen atoms in total. The van der Waals surface area contributed by atoms with E-state index in [9.17, 15) is 29.8 Å². The fourth-order valence-electron chi connectivity index (χ4n) is 4.00. The molecule has 0 fully saturated rings. The summed E-state index contributed by atoms with van der Waals surface area (Å²) in [5.41, 5.74) is 0. The molecule has 0 aliphatic carbocycles. The number of hydrogen-bond donors (Lipinski definition) is 4. The SMILES string of the molecule is CCCCCCCCCCCc1ncc[nH]1.O=S(=O)(O)c1cc2ccccc2c(S(=O)(=O)O)c1S(=O)(=O)O. The van der Waals surface area contributed by atoms with Gasteiger partial charge < -0.3 is 4.98 Å². The summed E-state index contributed by atoms with van der Waals surface area (Å²) in [7, 11) is -15.8. The summed E-state index contributed by atoms with van der Waals surface area (Å²) in [4.78, 5) is 3.07. The van der Waals surface area contributed by atoms with Crippen molar-refractivity contribution in [3.63, 3.8) is 0 Å². The van der Waals surface area contributed by atoms with E-state index in [0.717, 1.165) is 18.3 Å². The highest BCUT2D eigenvalue weighted by molar-refractivity contribution is 7.90. The van der Waals surface area contributed by atoms with Gasteiger partial charge in [0.25, 0.3) is 30.4 Å². The zero-order valence-corrected chi connectivity index (χ0v) is 23.5. The van der Waals surface area contributed by atoms with Crippen LogP contribution in [0.2, 0.25) is 0 Å². The second-order valence-electron chi connectivity index (χ2n) is 8.79. The maximum atomic E-state index is 11.5. The van der Waals surface area contributed by atoms with Gasteiger partial charge in [0.15, 0.2) is 0 Å². The smallest absolute Gasteiger partial charge is 0.297 e. The van der Waals surface area contributed by atoms with Gasteiger partial charge in [-0.1, -0.05) is 82.6 Å². The Kier molecular flexibility index (Phi) is 11.9. The van der Waals surface area contributed by atoms with E-state index >= 15 is 0 Å². The number of unbranched alkanes of at least 4 members (excludes halogenated alkanes) is 8. The van der Waals surface area contributed by atoms with Crippen molar-refractivity contribution in [3.05, 3.63) is 48.5 Å². The molecule has 14 heteroatoms. The molecule has 1 heterocycles. The fraction of sp³-hybridized carbons (Fsp3) is 0.458. The molecular formula is C24H34N2O9S3. The van der Waals surface area contributed by atoms with Gasteiger partial charge in [0.05, 0.1) is 0 Å². The highest BCUT2D eigenvalue weighted by Gasteiger charge is 2.34. The Morgan fingerprint density at radius 1 is 0.737 bits per heavy atom. The molecular weight excluding hydrogens is 556 g/mol. The first-order valence-electron chi connectivity index (χ1n) is 12.2. The zero-order chi connectivity index (χ0) is 28.4. The number of rotatable bonds is 13. The van der Waals surface area contributed by atoms with E-state index in [-0.39, 0.29) is 10.8 Å². The summed E-state index contributed by atoms with van der Waals surface area (Å²) in [5, 5.41) is -0.430. The number of fused-ring (bicyclic) bond motifs is 1. The molecule has 0 atom stereocenters. The fourth-order valence-corrected chi connectivity index (χ4v) is 7.41. The minimum atomic E-state index is -5.40. The first kappa shape index (κ1) is 31.9. The largest absolute Gasteiger partial charge is 0.349 e. The van der Waals surface area contributed by atoms with E-state index in [1.165, 1.54) is 76.0 Å². The number of nitrogens with one attached hydrogen (secondary N) is 1. The highest BCUT2D eigenvalue weighted by Crippen LogP contribution is 2.35. The zero-order valence-electron chi connectivity index (χ0n) is 21.1. The molecule has 0 spiro atoms. The first-order valence-corrected chi connectivity index (χ1v) is 16.5. The van der Waals surface area contributed by atoms with E-state index < -0.39 is 45.0 Å². The van der Waals surface area contributed by atoms with Gasteiger partial charge in [-0.05, 0) is 17.9 Å². The van der Waals surface area contributed by atoms with Crippen LogP contribution in [0.3, 0.4) is 0 Å². The summed E-state index contributed by atoms with van der Waals surface area (Å²) < 4.78 is 96.0. The average molecular weight is 591 g/mol. The van der Waals surface area contributed by atoms with Crippen molar-refractivity contribution in [3.8, 4) is 0 Å². The monoisotopic (exact) mass is 590 g/mol. The third-order valence-corrected chi connectivity index (χ3v) is 8.80. The Balaban J connectivity index is 0.000000281. The molecule has 0 aliphatic rings. The predicted molar refractivity (Wildman–Crippen MR) is 143 cm³/mol. The quantitative estimate of drug-likeness (QED) is 0.154. The number of benzene rings is 2. The molecule has 3 aromatic rings. The lowest BCUT2D eigenvalue weighted by Crippen LogP contribution is -2.15. The van der Waals surface area contributed by atoms with Crippen molar-refractivity contribution in [1.29, 1.82) is 0 Å². The normalized spacial score (nSPS) is 12.3. The van der Waals surface area contributed by atoms with Crippen molar-refractivity contribution in [2.24, 2.45) is 0 Å². The van der Waals surface area contributed by atoms with Crippen LogP contribution in [-0.4, -0.2) is 48.9 Å². The van der Waals surface area contributed by atoms with Gasteiger partial charge in [-0.25, -0.2) is 4.98 Å². The Morgan fingerprint density at radius 3 is 1.79 bits per heavy atom. The van der Waals surface area contributed by atoms with Crippen LogP contribution >= 0.6 is 0 Å². The lowest BCUT2D eigenvalue weighted by molar-refractivity contribution is 0.457. The Hall–Kier alpha value is -2.36. The molecule has 0 aliphatic heterocycles. The number of aryl methyl sites for hydroxylation is 1. The van der Waals surface area contributed by atoms with Gasteiger partial charge in [-0.15, -0.1) is 0 Å². The summed E-state index contributed by atoms with van der Waals surface area (Å²) in [5.74, 6) is 1.14. The topological polar surface area (TPSA) is 192 Å². The summed E-state index contributed by atoms with van der Waals surface area (Å²) in [6.07, 6.45) is 17.4. The van der Waals surface area contributed by atoms with Crippen LogP contribution < -0.4 is 0 Å². The standard InChI is InChI=1S/C14H26N2.C10H8O9S3/c1-2-3-4-5-6-7-8-9-10-11-14-15-12-13-16-14;11-20(12,13)8-5-6-3-1-2-4-7(6)9(21(14,15)16)10(8)22(17,18)19/h12-13H,2-11H2,1H3,(H,15,16);1-5H,(H,11,12,13)(H,14,15,16)(H,17,18,19). The average Bonchev–Trinajstić information content (AvgIpc) is 3.34. The lowest BCUT2D eigenvalue weighted by Gasteiger charge is -2.12. The second kappa shape index (κ2) is 14.1. The van der Waals surface area contributed by atoms with Crippen molar-refractivity contribution in [2.75, 3.05) is 0 Å². The third kappa shape index (κ3) is 9.75. The molecule has 0 saturated heterocycles. The summed E-state index contributed by atoms with van der Waals surface area (Å²) in [6, 6.07) is 5.69. The van der Waals surface area contributed by atoms with Crippen LogP contribution in [0.4, 0.5) is 0 Å². The first-order chi connectivity index (χ1) is 17.8. The van der Waals surface area contributed by atoms with E-state index in [1.807, 2.05) is 12.4 Å². The third-order valence-electron chi connectivity index (χ3n) is 5.79. The number of H-pyrrole nitrogens is 1. The van der Waals surface area contributed by atoms with Crippen LogP contribution in [0.5, 0.6) is 0 Å². The highest BCUT2D eigenvalue weighted by atomic mass is 32.2. The second-order valence-corrected chi connectivity index (χ2v) is 12.9. The molecule has 38 heavy (non-hydrogen) atoms. The van der Waals surface area contributed by atoms with E-state index in [4.69, 9.17) is 9.11 Å². The van der Waals surface area contributed by atoms with Crippen LogP contribution in [0.25, 0.3) is 10.8 Å². The van der Waals surface area contributed by atoms with Crippen molar-refractivity contribution in [2.45, 2.75) is 85.8 Å². The van der Waals surface area contributed by atoms with Gasteiger partial charge in [0.2, 0.25) is 0 Å². The van der Waals surface area contributed by atoms with Gasteiger partial charge in [-0.2, -0.15) is 25.3 Å². The molecule has 0 bridgehead atoms. The predicted octanol–water partition coefficient (Wildman–Crippen LogP) is 5.06. The maximum Gasteiger partial charge on any atom is 0.297 e. The molecule has 4 N–H and O–H groups in total. The van der Waals surface area contributed by atoms with Gasteiger partial charge in [0, 0.05) is 24.2 Å². The summed E-state index contributed by atoms with van der Waals surface area (Å²) in [6.45, 7) is 2.27. The van der Waals surface area contributed by atoms with Crippen molar-refractivity contribution in [1.82, 2.24) is 9.97 Å². The van der Waals surface area contributed by atoms with Crippen LogP contribution in [0, 0.1) is 0 Å². The summed E-state index contributed by atoms with van der Waals surface area (Å²) >= 11 is 0. The van der Waals surface area contributed by atoms with Crippen LogP contribution in [0.15, 0.2) is 57.4 Å². The molecule has 1 aromatic heterocycles. The van der Waals surface area contributed by atoms with E-state index in [1.54, 1.807) is 0 Å². The Bertz CT molecular complexity index is 1500. The number of nitrogens with zero attached hydrogens (tertiary/aromatic N) is 1. The minimum Gasteiger partial charge on any atom is -0.349 e. The number of imidazole rings is 1. The molecule has 0 saturated carbocycles. The number of aromatic nitrogens is 2. The Labute approximate surface area is 224 Å². The minimum absolute atomic E-state index is 0.0878. The lowest BCUT2D eigenvalue weighted by atomic mass is 10.1. The van der Waals surface area contributed by atoms with E-state index in [2.05, 4.69) is 16.9 Å². The molecule has 0 unspecified atom stereocenters. The van der Waals surface area contributed by atoms with Crippen molar-refractivity contribution >= 4 is 41.1 Å². The van der Waals surface area contributed by atoms with Crippen LogP contribution in [-0.2, 0) is 36.8 Å². The number of hydrogen-bond acceptors (Lipinski definition) is 7. The molecule has 3 rings (SSSR count). The van der Waals surface area contributed by atoms with E-state index in [0.29, 0.717) is 6.07 Å². The van der Waals surface area contributed by atoms with Crippen LogP contribution in [0.1, 0.15) is 70.5 Å². The molecule has 2 aromatic carbocycles. The molecule has 0 amide bonds. The van der Waals surface area contributed by atoms with Gasteiger partial charge in [0.1, 0.15) is 20.5 Å².